The lowest BCUT2D eigenvalue weighted by Gasteiger charge is -2.16. The fourth-order valence-corrected chi connectivity index (χ4v) is 1.65. The van der Waals surface area contributed by atoms with Crippen LogP contribution in [-0.4, -0.2) is 31.8 Å². The summed E-state index contributed by atoms with van der Waals surface area (Å²) in [6, 6.07) is 0. The maximum absolute atomic E-state index is 7.76. The van der Waals surface area contributed by atoms with Crippen molar-refractivity contribution < 1.29 is 4.74 Å². The van der Waals surface area contributed by atoms with E-state index in [1.54, 1.807) is 18.2 Å². The summed E-state index contributed by atoms with van der Waals surface area (Å²) in [5.74, 6) is 0.385. The molecule has 4 N–H and O–H groups in total. The van der Waals surface area contributed by atoms with Crippen molar-refractivity contribution in [3.05, 3.63) is 30.6 Å². The molecule has 3 rings (SSSR count). The Balaban J connectivity index is 1.99. The second kappa shape index (κ2) is 3.95. The third kappa shape index (κ3) is 1.71. The van der Waals surface area contributed by atoms with Crippen molar-refractivity contribution in [3.63, 3.8) is 0 Å². The van der Waals surface area contributed by atoms with E-state index in [0.717, 1.165) is 0 Å². The van der Waals surface area contributed by atoms with Crippen molar-refractivity contribution in [2.75, 3.05) is 5.73 Å². The quantitative estimate of drug-likeness (QED) is 0.721. The van der Waals surface area contributed by atoms with Crippen molar-refractivity contribution in [2.45, 2.75) is 6.10 Å². The smallest absolute Gasteiger partial charge is 0.246 e. The highest BCUT2D eigenvalue weighted by Gasteiger charge is 2.17. The van der Waals surface area contributed by atoms with E-state index in [2.05, 4.69) is 19.9 Å². The number of rotatable bonds is 2. The number of aromatic amines is 1. The zero-order chi connectivity index (χ0) is 12.5. The summed E-state index contributed by atoms with van der Waals surface area (Å²) in [6.07, 6.45) is 8.05. The number of ether oxygens (including phenoxy) is 1. The van der Waals surface area contributed by atoms with Gasteiger partial charge in [0, 0.05) is 0 Å². The Morgan fingerprint density at radius 3 is 3.06 bits per heavy atom. The highest BCUT2D eigenvalue weighted by atomic mass is 16.5. The van der Waals surface area contributed by atoms with Crippen LogP contribution in [0.25, 0.3) is 11.2 Å². The molecule has 7 heteroatoms. The first-order valence-electron chi connectivity index (χ1n) is 5.30. The molecule has 0 saturated carbocycles. The number of hydrogen-bond donors (Lipinski definition) is 3. The van der Waals surface area contributed by atoms with E-state index in [-0.39, 0.29) is 5.95 Å². The number of aromatic nitrogens is 4. The Bertz CT molecular complexity index is 671. The lowest BCUT2D eigenvalue weighted by atomic mass is 10.1. The van der Waals surface area contributed by atoms with E-state index in [9.17, 15) is 0 Å². The molecule has 7 nitrogen and oxygen atoms in total. The number of fused-ring (bicyclic) bond motifs is 1. The first-order valence-corrected chi connectivity index (χ1v) is 5.30. The van der Waals surface area contributed by atoms with Gasteiger partial charge >= 0.3 is 0 Å². The average molecular weight is 242 g/mol. The Hall–Kier alpha value is -2.70. The number of hydrogen-bond acceptors (Lipinski definition) is 6. The van der Waals surface area contributed by atoms with Gasteiger partial charge < -0.3 is 20.9 Å². The van der Waals surface area contributed by atoms with Crippen LogP contribution in [0.5, 0.6) is 5.88 Å². The summed E-state index contributed by atoms with van der Waals surface area (Å²) in [7, 11) is 0. The molecular formula is C11H10N6O. The first-order chi connectivity index (χ1) is 8.74. The van der Waals surface area contributed by atoms with Crippen LogP contribution in [-0.2, 0) is 0 Å². The molecule has 0 aromatic carbocycles. The molecule has 0 unspecified atom stereocenters. The van der Waals surface area contributed by atoms with Crippen LogP contribution in [0.4, 0.5) is 5.95 Å². The second-order valence-corrected chi connectivity index (χ2v) is 3.73. The molecule has 18 heavy (non-hydrogen) atoms. The van der Waals surface area contributed by atoms with Crippen LogP contribution in [0.1, 0.15) is 0 Å². The Morgan fingerprint density at radius 2 is 2.22 bits per heavy atom. The van der Waals surface area contributed by atoms with Crippen molar-refractivity contribution in [2.24, 2.45) is 0 Å². The summed E-state index contributed by atoms with van der Waals surface area (Å²) in [4.78, 5) is 14.9. The lowest BCUT2D eigenvalue weighted by molar-refractivity contribution is 0.303. The molecule has 2 aromatic rings. The third-order valence-electron chi connectivity index (χ3n) is 2.49. The predicted octanol–water partition coefficient (Wildman–Crippen LogP) is 0.828. The van der Waals surface area contributed by atoms with Gasteiger partial charge in [-0.1, -0.05) is 12.2 Å². The summed E-state index contributed by atoms with van der Waals surface area (Å²) in [6.45, 7) is 0. The fourth-order valence-electron chi connectivity index (χ4n) is 1.65. The molecule has 0 fully saturated rings. The SMILES string of the molecule is N=C1C=CC=C[C@H]1Oc1nc(N)nc2nc[nH]c12. The van der Waals surface area contributed by atoms with Crippen molar-refractivity contribution in [1.29, 1.82) is 5.41 Å². The number of allylic oxidation sites excluding steroid dienone is 2. The van der Waals surface area contributed by atoms with Crippen LogP contribution >= 0.6 is 0 Å². The van der Waals surface area contributed by atoms with Crippen LogP contribution in [0.15, 0.2) is 30.6 Å². The summed E-state index contributed by atoms with van der Waals surface area (Å²) >= 11 is 0. The van der Waals surface area contributed by atoms with Crippen LogP contribution < -0.4 is 10.5 Å². The van der Waals surface area contributed by atoms with E-state index in [1.807, 2.05) is 6.08 Å². The van der Waals surface area contributed by atoms with Crippen LogP contribution in [0, 0.1) is 5.41 Å². The van der Waals surface area contributed by atoms with Gasteiger partial charge in [0.2, 0.25) is 11.8 Å². The molecule has 1 aliphatic carbocycles. The van der Waals surface area contributed by atoms with E-state index in [1.165, 1.54) is 6.33 Å². The lowest BCUT2D eigenvalue weighted by Crippen LogP contribution is -2.25. The monoisotopic (exact) mass is 242 g/mol. The summed E-state index contributed by atoms with van der Waals surface area (Å²) in [5.41, 5.74) is 6.94. The number of H-pyrrole nitrogens is 1. The third-order valence-corrected chi connectivity index (χ3v) is 2.49. The first kappa shape index (κ1) is 10.5. The number of nitrogens with one attached hydrogen (secondary N) is 2. The molecule has 90 valence electrons. The van der Waals surface area contributed by atoms with Crippen molar-refractivity contribution >= 4 is 22.8 Å². The molecule has 0 radical (unpaired) electrons. The van der Waals surface area contributed by atoms with Gasteiger partial charge in [-0.05, 0) is 12.2 Å². The van der Waals surface area contributed by atoms with Crippen LogP contribution in [0.3, 0.4) is 0 Å². The van der Waals surface area contributed by atoms with Crippen molar-refractivity contribution in [1.82, 2.24) is 19.9 Å². The topological polar surface area (TPSA) is 114 Å². The van der Waals surface area contributed by atoms with E-state index >= 15 is 0 Å². The average Bonchev–Trinajstić information content (AvgIpc) is 2.80. The highest BCUT2D eigenvalue weighted by Crippen LogP contribution is 2.21. The minimum absolute atomic E-state index is 0.0893. The number of nitrogens with zero attached hydrogens (tertiary/aromatic N) is 3. The van der Waals surface area contributed by atoms with Gasteiger partial charge in [-0.25, -0.2) is 4.98 Å². The van der Waals surface area contributed by atoms with Gasteiger partial charge in [0.1, 0.15) is 5.52 Å². The zero-order valence-corrected chi connectivity index (χ0v) is 9.29. The van der Waals surface area contributed by atoms with E-state index < -0.39 is 6.10 Å². The molecule has 1 atom stereocenters. The van der Waals surface area contributed by atoms with Crippen molar-refractivity contribution in [3.8, 4) is 5.88 Å². The number of nitrogens with two attached hydrogens (primary N) is 1. The van der Waals surface area contributed by atoms with Gasteiger partial charge in [-0.2, -0.15) is 9.97 Å². The Labute approximate surface area is 102 Å². The molecule has 0 bridgehead atoms. The van der Waals surface area contributed by atoms with E-state index in [0.29, 0.717) is 22.8 Å². The predicted molar refractivity (Wildman–Crippen MR) is 66.5 cm³/mol. The summed E-state index contributed by atoms with van der Waals surface area (Å²) < 4.78 is 5.66. The second-order valence-electron chi connectivity index (χ2n) is 3.73. The number of nitrogen functional groups attached to an aromatic ring is 1. The summed E-state index contributed by atoms with van der Waals surface area (Å²) in [5, 5.41) is 7.76. The maximum atomic E-state index is 7.76. The molecule has 0 amide bonds. The zero-order valence-electron chi connectivity index (χ0n) is 9.29. The van der Waals surface area contributed by atoms with Gasteiger partial charge in [0.25, 0.3) is 0 Å². The maximum Gasteiger partial charge on any atom is 0.246 e. The van der Waals surface area contributed by atoms with Gasteiger partial charge in [0.15, 0.2) is 11.8 Å². The Kier molecular flexibility index (Phi) is 2.30. The Morgan fingerprint density at radius 1 is 1.33 bits per heavy atom. The van der Waals surface area contributed by atoms with Gasteiger partial charge in [-0.15, -0.1) is 0 Å². The molecule has 1 aliphatic rings. The fraction of sp³-hybridized carbons (Fsp3) is 0.0909. The largest absolute Gasteiger partial charge is 0.462 e. The number of imidazole rings is 1. The molecule has 2 aromatic heterocycles. The molecule has 0 spiro atoms. The standard InChI is InChI=1S/C11H10N6O/c12-6-3-1-2-4-7(6)18-10-8-9(15-5-14-8)16-11(13)17-10/h1-5,7,12H,(H3,13,14,15,16,17)/t7-/m1/s1. The molecular weight excluding hydrogens is 232 g/mol. The normalized spacial score (nSPS) is 18.4. The molecule has 0 saturated heterocycles. The minimum Gasteiger partial charge on any atom is -0.462 e. The molecule has 0 aliphatic heterocycles. The van der Waals surface area contributed by atoms with Crippen LogP contribution in [0.2, 0.25) is 0 Å². The number of anilines is 1. The van der Waals surface area contributed by atoms with Gasteiger partial charge in [-0.3, -0.25) is 0 Å². The molecule has 2 heterocycles. The van der Waals surface area contributed by atoms with E-state index in [4.69, 9.17) is 15.9 Å². The van der Waals surface area contributed by atoms with Gasteiger partial charge in [0.05, 0.1) is 12.0 Å². The highest BCUT2D eigenvalue weighted by molar-refractivity contribution is 5.99. The minimum atomic E-state index is -0.476.